The van der Waals surface area contributed by atoms with Gasteiger partial charge < -0.3 is 14.7 Å². The molecule has 198 valence electrons. The van der Waals surface area contributed by atoms with Crippen LogP contribution < -0.4 is 0 Å². The Kier molecular flexibility index (Phi) is 7.59. The quantitative estimate of drug-likeness (QED) is 0.535. The molecule has 1 N–H and O–H groups in total. The molecule has 4 nitrogen and oxygen atoms in total. The summed E-state index contributed by atoms with van der Waals surface area (Å²) in [6, 6.07) is 0.549. The summed E-state index contributed by atoms with van der Waals surface area (Å²) in [5.74, 6) is 3.63. The molecule has 35 heavy (non-hydrogen) atoms. The van der Waals surface area contributed by atoms with Crippen LogP contribution in [0.1, 0.15) is 79.1 Å². The third-order valence-corrected chi connectivity index (χ3v) is 11.0. The SMILES string of the molecule is C/C1=C2\C[C@H]3C(CC=C4C[C@@H](O)CC[C@@]43C)[C@@H]2CC[C@H](C)C2[C@@H](C[C@H](C)CN2CCN(C)C)OC1. The smallest absolute Gasteiger partial charge is 0.0740 e. The zero-order valence-electron chi connectivity index (χ0n) is 23.4. The number of fused-ring (bicyclic) bond motifs is 6. The molecule has 3 aliphatic carbocycles. The Morgan fingerprint density at radius 2 is 1.97 bits per heavy atom. The van der Waals surface area contributed by atoms with Crippen molar-refractivity contribution in [3.05, 3.63) is 22.8 Å². The van der Waals surface area contributed by atoms with E-state index in [1.165, 1.54) is 44.2 Å². The summed E-state index contributed by atoms with van der Waals surface area (Å²) in [6.07, 6.45) is 12.2. The van der Waals surface area contributed by atoms with Crippen molar-refractivity contribution in [3.63, 3.8) is 0 Å². The van der Waals surface area contributed by atoms with Gasteiger partial charge >= 0.3 is 0 Å². The lowest BCUT2D eigenvalue weighted by Crippen LogP contribution is -2.56. The Hall–Kier alpha value is -0.680. The average Bonchev–Trinajstić information content (AvgIpc) is 3.19. The van der Waals surface area contributed by atoms with Gasteiger partial charge in [0.1, 0.15) is 0 Å². The molecule has 0 bridgehead atoms. The lowest BCUT2D eigenvalue weighted by atomic mass is 9.56. The second-order valence-corrected chi connectivity index (χ2v) is 13.7. The zero-order valence-corrected chi connectivity index (χ0v) is 23.4. The number of likely N-dealkylation sites (N-methyl/N-ethyl adjacent to an activating group) is 1. The number of aliphatic hydroxyl groups excluding tert-OH is 1. The fourth-order valence-corrected chi connectivity index (χ4v) is 8.99. The molecule has 0 spiro atoms. The normalized spacial score (nSPS) is 46.9. The molecule has 5 aliphatic rings. The van der Waals surface area contributed by atoms with Gasteiger partial charge in [-0.3, -0.25) is 4.90 Å². The van der Waals surface area contributed by atoms with Crippen LogP contribution in [0, 0.1) is 35.0 Å². The highest BCUT2D eigenvalue weighted by Crippen LogP contribution is 2.62. The fourth-order valence-electron chi connectivity index (χ4n) is 8.99. The van der Waals surface area contributed by atoms with Crippen molar-refractivity contribution in [1.82, 2.24) is 9.80 Å². The van der Waals surface area contributed by atoms with Crippen molar-refractivity contribution in [2.24, 2.45) is 35.0 Å². The first-order valence-electron chi connectivity index (χ1n) is 14.7. The summed E-state index contributed by atoms with van der Waals surface area (Å²) in [7, 11) is 4.39. The molecular formula is C31H52N2O2. The van der Waals surface area contributed by atoms with Crippen molar-refractivity contribution < 1.29 is 9.84 Å². The van der Waals surface area contributed by atoms with Crippen LogP contribution in [0.25, 0.3) is 0 Å². The van der Waals surface area contributed by atoms with Crippen molar-refractivity contribution in [3.8, 4) is 0 Å². The van der Waals surface area contributed by atoms with Crippen LogP contribution in [0.4, 0.5) is 0 Å². The van der Waals surface area contributed by atoms with E-state index in [0.29, 0.717) is 29.4 Å². The van der Waals surface area contributed by atoms with E-state index in [1.807, 2.05) is 0 Å². The maximum Gasteiger partial charge on any atom is 0.0740 e. The molecule has 0 amide bonds. The van der Waals surface area contributed by atoms with E-state index in [2.05, 4.69) is 57.7 Å². The topological polar surface area (TPSA) is 35.9 Å². The van der Waals surface area contributed by atoms with Crippen LogP contribution in [0.15, 0.2) is 22.8 Å². The van der Waals surface area contributed by atoms with E-state index in [1.54, 1.807) is 11.1 Å². The van der Waals surface area contributed by atoms with Crippen LogP contribution in [0.5, 0.6) is 0 Å². The lowest BCUT2D eigenvalue weighted by Gasteiger charge is -2.49. The molecule has 2 aliphatic heterocycles. The minimum absolute atomic E-state index is 0.121. The predicted octanol–water partition coefficient (Wildman–Crippen LogP) is 5.52. The van der Waals surface area contributed by atoms with E-state index in [0.717, 1.165) is 56.7 Å². The lowest BCUT2D eigenvalue weighted by molar-refractivity contribution is -0.0733. The van der Waals surface area contributed by atoms with E-state index in [9.17, 15) is 5.11 Å². The number of likely N-dealkylation sites (tertiary alicyclic amines) is 1. The largest absolute Gasteiger partial charge is 0.393 e. The second kappa shape index (κ2) is 10.2. The third-order valence-electron chi connectivity index (χ3n) is 11.0. The fraction of sp³-hybridized carbons (Fsp3) is 0.871. The molecule has 2 unspecified atom stereocenters. The molecule has 2 heterocycles. The molecule has 4 heteroatoms. The van der Waals surface area contributed by atoms with Crippen LogP contribution >= 0.6 is 0 Å². The minimum Gasteiger partial charge on any atom is -0.393 e. The summed E-state index contributed by atoms with van der Waals surface area (Å²) in [4.78, 5) is 5.11. The van der Waals surface area contributed by atoms with Crippen molar-refractivity contribution in [2.45, 2.75) is 97.3 Å². The van der Waals surface area contributed by atoms with E-state index < -0.39 is 0 Å². The summed E-state index contributed by atoms with van der Waals surface area (Å²) >= 11 is 0. The van der Waals surface area contributed by atoms with Gasteiger partial charge in [0.2, 0.25) is 0 Å². The van der Waals surface area contributed by atoms with Crippen molar-refractivity contribution in [1.29, 1.82) is 0 Å². The first-order chi connectivity index (χ1) is 16.7. The maximum absolute atomic E-state index is 10.4. The van der Waals surface area contributed by atoms with Crippen molar-refractivity contribution in [2.75, 3.05) is 40.3 Å². The molecule has 0 radical (unpaired) electrons. The molecule has 1 saturated heterocycles. The summed E-state index contributed by atoms with van der Waals surface area (Å²) in [5.41, 5.74) is 5.15. The minimum atomic E-state index is -0.121. The number of allylic oxidation sites excluding steroid dienone is 2. The average molecular weight is 485 g/mol. The molecule has 2 saturated carbocycles. The molecule has 0 aromatic carbocycles. The first kappa shape index (κ1) is 25.9. The van der Waals surface area contributed by atoms with Crippen LogP contribution in [-0.4, -0.2) is 73.5 Å². The number of rotatable bonds is 3. The Balaban J connectivity index is 1.40. The third kappa shape index (κ3) is 4.94. The monoisotopic (exact) mass is 484 g/mol. The molecule has 9 atom stereocenters. The van der Waals surface area contributed by atoms with Gasteiger partial charge in [0, 0.05) is 25.7 Å². The molecule has 0 aromatic heterocycles. The predicted molar refractivity (Wildman–Crippen MR) is 144 cm³/mol. The highest BCUT2D eigenvalue weighted by Gasteiger charge is 2.53. The molecular weight excluding hydrogens is 432 g/mol. The zero-order chi connectivity index (χ0) is 24.9. The number of ether oxygens (including phenoxy) is 1. The molecule has 0 aromatic rings. The highest BCUT2D eigenvalue weighted by atomic mass is 16.5. The van der Waals surface area contributed by atoms with Crippen LogP contribution in [0.2, 0.25) is 0 Å². The Bertz CT molecular complexity index is 834. The second-order valence-electron chi connectivity index (χ2n) is 13.7. The summed E-state index contributed by atoms with van der Waals surface area (Å²) in [5, 5.41) is 10.4. The van der Waals surface area contributed by atoms with Gasteiger partial charge in [-0.15, -0.1) is 0 Å². The summed E-state index contributed by atoms with van der Waals surface area (Å²) < 4.78 is 6.86. The highest BCUT2D eigenvalue weighted by molar-refractivity contribution is 5.32. The van der Waals surface area contributed by atoms with Gasteiger partial charge in [0.05, 0.1) is 18.8 Å². The summed E-state index contributed by atoms with van der Waals surface area (Å²) in [6.45, 7) is 14.2. The number of hydrogen-bond acceptors (Lipinski definition) is 4. The van der Waals surface area contributed by atoms with Gasteiger partial charge in [-0.1, -0.05) is 38.0 Å². The van der Waals surface area contributed by atoms with Gasteiger partial charge in [-0.25, -0.2) is 0 Å². The molecule has 3 fully saturated rings. The number of aliphatic hydroxyl groups is 1. The van der Waals surface area contributed by atoms with Gasteiger partial charge in [0.15, 0.2) is 0 Å². The Morgan fingerprint density at radius 1 is 1.17 bits per heavy atom. The van der Waals surface area contributed by atoms with E-state index in [-0.39, 0.29) is 6.10 Å². The van der Waals surface area contributed by atoms with E-state index >= 15 is 0 Å². The van der Waals surface area contributed by atoms with E-state index in [4.69, 9.17) is 4.74 Å². The Morgan fingerprint density at radius 3 is 2.74 bits per heavy atom. The van der Waals surface area contributed by atoms with Crippen LogP contribution in [0.3, 0.4) is 0 Å². The molecule has 5 rings (SSSR count). The van der Waals surface area contributed by atoms with Gasteiger partial charge in [0.25, 0.3) is 0 Å². The Labute approximate surface area is 215 Å². The maximum atomic E-state index is 10.4. The van der Waals surface area contributed by atoms with Gasteiger partial charge in [-0.05, 0) is 113 Å². The van der Waals surface area contributed by atoms with Gasteiger partial charge in [-0.2, -0.15) is 0 Å². The van der Waals surface area contributed by atoms with Crippen LogP contribution in [-0.2, 0) is 4.74 Å². The number of hydrogen-bond donors (Lipinski definition) is 1. The number of nitrogens with zero attached hydrogens (tertiary/aromatic N) is 2. The number of piperidine rings is 1. The standard InChI is InChI=1S/C31H52N2O2/c1-20-15-29-30(33(18-20)14-13-32(5)6)21(2)7-9-25-26-10-8-23-16-24(34)11-12-31(23,4)28(26)17-27(25)22(3)19-35-29/h8,20-21,24-26,28-30,34H,7,9-19H2,1-6H3/b27-22-/t20-,21-,24-,25-,26?,28-,29+,30?,31-/m0/s1. The van der Waals surface area contributed by atoms with Crippen molar-refractivity contribution >= 4 is 0 Å². The first-order valence-corrected chi connectivity index (χ1v) is 14.7.